The number of nitrogens with zero attached hydrogens (tertiary/aromatic N) is 1. The summed E-state index contributed by atoms with van der Waals surface area (Å²) in [5.74, 6) is 0. The van der Waals surface area contributed by atoms with Crippen LogP contribution in [0.3, 0.4) is 0 Å². The zero-order valence-corrected chi connectivity index (χ0v) is 13.0. The van der Waals surface area contributed by atoms with Crippen molar-refractivity contribution in [3.05, 3.63) is 71.4 Å². The standard InChI is InChI=1S/C20H22N2/c1-2-13-22-14-12-17-16-10-6-7-11-18(16)21-19(17)20(22)15-8-4-3-5-9-15/h3-11,20-21H,2,12-14H2,1H3. The van der Waals surface area contributed by atoms with E-state index in [-0.39, 0.29) is 0 Å². The molecule has 0 bridgehead atoms. The van der Waals surface area contributed by atoms with Crippen LogP contribution in [-0.4, -0.2) is 23.0 Å². The molecule has 1 unspecified atom stereocenters. The van der Waals surface area contributed by atoms with Gasteiger partial charge in [-0.15, -0.1) is 0 Å². The molecule has 0 spiro atoms. The SMILES string of the molecule is CCCN1CCc2c([nH]c3ccccc23)C1c1ccccc1. The maximum Gasteiger partial charge on any atom is 0.0757 e. The van der Waals surface area contributed by atoms with Crippen molar-refractivity contribution in [1.29, 1.82) is 0 Å². The molecule has 0 radical (unpaired) electrons. The van der Waals surface area contributed by atoms with Crippen LogP contribution in [0.5, 0.6) is 0 Å². The molecule has 112 valence electrons. The molecule has 1 aliphatic rings. The molecular formula is C20H22N2. The van der Waals surface area contributed by atoms with Crippen LogP contribution < -0.4 is 0 Å². The van der Waals surface area contributed by atoms with Crippen molar-refractivity contribution >= 4 is 10.9 Å². The van der Waals surface area contributed by atoms with Gasteiger partial charge in [-0.3, -0.25) is 4.90 Å². The summed E-state index contributed by atoms with van der Waals surface area (Å²) in [6.45, 7) is 4.55. The van der Waals surface area contributed by atoms with Gasteiger partial charge < -0.3 is 4.98 Å². The van der Waals surface area contributed by atoms with Gasteiger partial charge in [-0.25, -0.2) is 0 Å². The van der Waals surface area contributed by atoms with Gasteiger partial charge in [-0.2, -0.15) is 0 Å². The van der Waals surface area contributed by atoms with Crippen molar-refractivity contribution in [3.8, 4) is 0 Å². The Balaban J connectivity index is 1.89. The first kappa shape index (κ1) is 13.6. The number of fused-ring (bicyclic) bond motifs is 3. The molecule has 1 aliphatic heterocycles. The normalized spacial score (nSPS) is 18.5. The van der Waals surface area contributed by atoms with Gasteiger partial charge in [0.15, 0.2) is 0 Å². The highest BCUT2D eigenvalue weighted by atomic mass is 15.2. The first-order chi connectivity index (χ1) is 10.9. The van der Waals surface area contributed by atoms with E-state index in [0.29, 0.717) is 6.04 Å². The summed E-state index contributed by atoms with van der Waals surface area (Å²) in [5, 5.41) is 1.40. The topological polar surface area (TPSA) is 19.0 Å². The average Bonchev–Trinajstić information content (AvgIpc) is 2.94. The number of aromatic nitrogens is 1. The fourth-order valence-corrected chi connectivity index (χ4v) is 3.83. The van der Waals surface area contributed by atoms with E-state index < -0.39 is 0 Å². The Morgan fingerprint density at radius 1 is 1.05 bits per heavy atom. The average molecular weight is 290 g/mol. The molecule has 2 aromatic carbocycles. The number of nitrogens with one attached hydrogen (secondary N) is 1. The second kappa shape index (κ2) is 5.62. The summed E-state index contributed by atoms with van der Waals surface area (Å²) in [4.78, 5) is 6.33. The predicted octanol–water partition coefficient (Wildman–Crippen LogP) is 4.53. The second-order valence-corrected chi connectivity index (χ2v) is 6.16. The minimum absolute atomic E-state index is 0.359. The van der Waals surface area contributed by atoms with E-state index in [9.17, 15) is 0 Å². The third-order valence-electron chi connectivity index (χ3n) is 4.76. The van der Waals surface area contributed by atoms with Crippen LogP contribution in [0, 0.1) is 0 Å². The van der Waals surface area contributed by atoms with Gasteiger partial charge in [0.25, 0.3) is 0 Å². The summed E-state index contributed by atoms with van der Waals surface area (Å²) >= 11 is 0. The van der Waals surface area contributed by atoms with Crippen molar-refractivity contribution in [2.75, 3.05) is 13.1 Å². The predicted molar refractivity (Wildman–Crippen MR) is 92.2 cm³/mol. The Morgan fingerprint density at radius 3 is 2.64 bits per heavy atom. The molecule has 22 heavy (non-hydrogen) atoms. The number of aromatic amines is 1. The van der Waals surface area contributed by atoms with Crippen molar-refractivity contribution in [1.82, 2.24) is 9.88 Å². The van der Waals surface area contributed by atoms with Gasteiger partial charge in [0.1, 0.15) is 0 Å². The molecule has 2 nitrogen and oxygen atoms in total. The van der Waals surface area contributed by atoms with Gasteiger partial charge in [0.05, 0.1) is 6.04 Å². The molecule has 0 saturated heterocycles. The van der Waals surface area contributed by atoms with Crippen LogP contribution in [-0.2, 0) is 6.42 Å². The van der Waals surface area contributed by atoms with Crippen LogP contribution in [0.15, 0.2) is 54.6 Å². The lowest BCUT2D eigenvalue weighted by Gasteiger charge is -2.36. The lowest BCUT2D eigenvalue weighted by atomic mass is 9.92. The molecule has 1 N–H and O–H groups in total. The van der Waals surface area contributed by atoms with Gasteiger partial charge in [-0.05, 0) is 36.6 Å². The number of hydrogen-bond acceptors (Lipinski definition) is 1. The fraction of sp³-hybridized carbons (Fsp3) is 0.300. The third-order valence-corrected chi connectivity index (χ3v) is 4.76. The summed E-state index contributed by atoms with van der Waals surface area (Å²) in [7, 11) is 0. The first-order valence-corrected chi connectivity index (χ1v) is 8.27. The second-order valence-electron chi connectivity index (χ2n) is 6.16. The highest BCUT2D eigenvalue weighted by molar-refractivity contribution is 5.85. The van der Waals surface area contributed by atoms with Crippen molar-refractivity contribution in [3.63, 3.8) is 0 Å². The van der Waals surface area contributed by atoms with Gasteiger partial charge in [-0.1, -0.05) is 55.5 Å². The van der Waals surface area contributed by atoms with E-state index in [0.717, 1.165) is 19.5 Å². The maximum atomic E-state index is 3.71. The summed E-state index contributed by atoms with van der Waals surface area (Å²) < 4.78 is 0. The monoisotopic (exact) mass is 290 g/mol. The summed E-state index contributed by atoms with van der Waals surface area (Å²) in [6, 6.07) is 20.0. The van der Waals surface area contributed by atoms with Gasteiger partial charge in [0, 0.05) is 23.1 Å². The van der Waals surface area contributed by atoms with Gasteiger partial charge in [0.2, 0.25) is 0 Å². The van der Waals surface area contributed by atoms with Crippen LogP contribution >= 0.6 is 0 Å². The molecule has 1 atom stereocenters. The molecule has 1 aromatic heterocycles. The zero-order chi connectivity index (χ0) is 14.9. The highest BCUT2D eigenvalue weighted by Gasteiger charge is 2.30. The number of rotatable bonds is 3. The lowest BCUT2D eigenvalue weighted by molar-refractivity contribution is 0.211. The Hall–Kier alpha value is -2.06. The van der Waals surface area contributed by atoms with E-state index in [1.807, 2.05) is 0 Å². The Morgan fingerprint density at radius 2 is 1.82 bits per heavy atom. The molecule has 4 rings (SSSR count). The van der Waals surface area contributed by atoms with Crippen LogP contribution in [0.25, 0.3) is 10.9 Å². The minimum Gasteiger partial charge on any atom is -0.357 e. The van der Waals surface area contributed by atoms with Crippen LogP contribution in [0.1, 0.15) is 36.2 Å². The largest absolute Gasteiger partial charge is 0.357 e. The van der Waals surface area contributed by atoms with E-state index in [2.05, 4.69) is 71.4 Å². The first-order valence-electron chi connectivity index (χ1n) is 8.27. The van der Waals surface area contributed by atoms with Gasteiger partial charge >= 0.3 is 0 Å². The molecule has 3 aromatic rings. The lowest BCUT2D eigenvalue weighted by Crippen LogP contribution is -2.36. The Labute approximate surface area is 131 Å². The molecule has 0 saturated carbocycles. The smallest absolute Gasteiger partial charge is 0.0757 e. The Kier molecular flexibility index (Phi) is 3.47. The molecule has 2 heterocycles. The van der Waals surface area contributed by atoms with E-state index in [4.69, 9.17) is 0 Å². The third kappa shape index (κ3) is 2.15. The highest BCUT2D eigenvalue weighted by Crippen LogP contribution is 2.38. The van der Waals surface area contributed by atoms with E-state index in [1.54, 1.807) is 0 Å². The fourth-order valence-electron chi connectivity index (χ4n) is 3.83. The number of benzene rings is 2. The number of para-hydroxylation sites is 1. The minimum atomic E-state index is 0.359. The van der Waals surface area contributed by atoms with Crippen LogP contribution in [0.2, 0.25) is 0 Å². The maximum absolute atomic E-state index is 3.71. The number of hydrogen-bond donors (Lipinski definition) is 1. The summed E-state index contributed by atoms with van der Waals surface area (Å²) in [6.07, 6.45) is 2.33. The molecule has 0 amide bonds. The van der Waals surface area contributed by atoms with Crippen molar-refractivity contribution < 1.29 is 0 Å². The van der Waals surface area contributed by atoms with Crippen molar-refractivity contribution in [2.24, 2.45) is 0 Å². The van der Waals surface area contributed by atoms with E-state index >= 15 is 0 Å². The number of H-pyrrole nitrogens is 1. The molecule has 0 aliphatic carbocycles. The Bertz CT molecular complexity index is 773. The van der Waals surface area contributed by atoms with Crippen molar-refractivity contribution in [2.45, 2.75) is 25.8 Å². The van der Waals surface area contributed by atoms with Crippen LogP contribution in [0.4, 0.5) is 0 Å². The molecule has 0 fully saturated rings. The summed E-state index contributed by atoms with van der Waals surface area (Å²) in [5.41, 5.74) is 5.57. The molecular weight excluding hydrogens is 268 g/mol. The quantitative estimate of drug-likeness (QED) is 0.751. The molecule has 2 heteroatoms. The van der Waals surface area contributed by atoms with E-state index in [1.165, 1.54) is 34.1 Å². The zero-order valence-electron chi connectivity index (χ0n) is 13.0.